The van der Waals surface area contributed by atoms with Crippen LogP contribution in [0.3, 0.4) is 0 Å². The van der Waals surface area contributed by atoms with Gasteiger partial charge >= 0.3 is 0 Å². The van der Waals surface area contributed by atoms with Crippen LogP contribution in [0.25, 0.3) is 28.2 Å². The number of nitrogens with zero attached hydrogens (tertiary/aromatic N) is 8. The van der Waals surface area contributed by atoms with Crippen LogP contribution in [0.2, 0.25) is 0 Å². The predicted octanol–water partition coefficient (Wildman–Crippen LogP) is 3.53. The van der Waals surface area contributed by atoms with Gasteiger partial charge in [-0.3, -0.25) is 0 Å². The highest BCUT2D eigenvalue weighted by Crippen LogP contribution is 2.42. The van der Waals surface area contributed by atoms with E-state index in [-0.39, 0.29) is 0 Å². The summed E-state index contributed by atoms with van der Waals surface area (Å²) in [5, 5.41) is 4.32. The predicted molar refractivity (Wildman–Crippen MR) is 154 cm³/mol. The lowest BCUT2D eigenvalue weighted by Crippen LogP contribution is -2.41. The summed E-state index contributed by atoms with van der Waals surface area (Å²) >= 11 is 0. The minimum Gasteiger partial charge on any atom is -0.493 e. The van der Waals surface area contributed by atoms with Gasteiger partial charge in [-0.2, -0.15) is 5.10 Å². The molecule has 0 N–H and O–H groups in total. The van der Waals surface area contributed by atoms with Crippen molar-refractivity contribution in [1.82, 2.24) is 38.9 Å². The van der Waals surface area contributed by atoms with Crippen molar-refractivity contribution in [3.63, 3.8) is 0 Å². The van der Waals surface area contributed by atoms with Gasteiger partial charge in [0.1, 0.15) is 17.7 Å². The number of methoxy groups -OCH3 is 2. The third kappa shape index (κ3) is 4.46. The Morgan fingerprint density at radius 1 is 1.00 bits per heavy atom. The van der Waals surface area contributed by atoms with Gasteiger partial charge in [-0.05, 0) is 75.2 Å². The van der Waals surface area contributed by atoms with Gasteiger partial charge < -0.3 is 23.8 Å². The van der Waals surface area contributed by atoms with Crippen LogP contribution in [-0.2, 0) is 11.8 Å². The smallest absolute Gasteiger partial charge is 0.197 e. The maximum absolute atomic E-state index is 5.58. The summed E-state index contributed by atoms with van der Waals surface area (Å²) in [4.78, 5) is 19.9. The molecule has 4 aromatic heterocycles. The quantitative estimate of drug-likeness (QED) is 0.349. The number of fused-ring (bicyclic) bond motifs is 3. The first-order chi connectivity index (χ1) is 19.5. The third-order valence-electron chi connectivity index (χ3n) is 9.73. The van der Waals surface area contributed by atoms with E-state index in [0.717, 1.165) is 53.6 Å². The van der Waals surface area contributed by atoms with Crippen molar-refractivity contribution in [3.8, 4) is 17.1 Å². The van der Waals surface area contributed by atoms with Crippen LogP contribution < -0.4 is 4.74 Å². The Bertz CT molecular complexity index is 1510. The Hall–Kier alpha value is -3.08. The maximum atomic E-state index is 5.58. The summed E-state index contributed by atoms with van der Waals surface area (Å²) < 4.78 is 14.7. The van der Waals surface area contributed by atoms with Gasteiger partial charge in [-0.15, -0.1) is 0 Å². The summed E-state index contributed by atoms with van der Waals surface area (Å²) in [7, 11) is 5.51. The molecule has 0 unspecified atom stereocenters. The molecule has 0 bridgehead atoms. The van der Waals surface area contributed by atoms with E-state index in [9.17, 15) is 0 Å². The van der Waals surface area contributed by atoms with Crippen molar-refractivity contribution in [3.05, 3.63) is 35.9 Å². The van der Waals surface area contributed by atoms with Crippen molar-refractivity contribution in [2.75, 3.05) is 53.6 Å². The second-order valence-electron chi connectivity index (χ2n) is 12.1. The van der Waals surface area contributed by atoms with E-state index >= 15 is 0 Å². The molecule has 4 aromatic rings. The normalized spacial score (nSPS) is 24.4. The van der Waals surface area contributed by atoms with Crippen molar-refractivity contribution >= 4 is 16.8 Å². The molecule has 212 valence electrons. The molecule has 1 saturated carbocycles. The van der Waals surface area contributed by atoms with Gasteiger partial charge in [0.25, 0.3) is 0 Å². The molecule has 1 aliphatic carbocycles. The van der Waals surface area contributed by atoms with Crippen molar-refractivity contribution in [2.45, 2.75) is 44.6 Å². The lowest BCUT2D eigenvalue weighted by molar-refractivity contribution is 0.132. The first kappa shape index (κ1) is 25.9. The third-order valence-corrected chi connectivity index (χ3v) is 9.73. The molecule has 3 fully saturated rings. The molecular formula is C30H40N8O2. The van der Waals surface area contributed by atoms with Crippen LogP contribution in [0.4, 0.5) is 0 Å². The summed E-state index contributed by atoms with van der Waals surface area (Å²) in [6.45, 7) is 8.97. The molecule has 10 heteroatoms. The van der Waals surface area contributed by atoms with Gasteiger partial charge in [0.05, 0.1) is 13.7 Å². The molecule has 6 heterocycles. The number of aryl methyl sites for hydroxylation is 2. The molecule has 2 aliphatic heterocycles. The highest BCUT2D eigenvalue weighted by molar-refractivity contribution is 5.81. The van der Waals surface area contributed by atoms with Crippen LogP contribution in [0.15, 0.2) is 24.7 Å². The van der Waals surface area contributed by atoms with Crippen molar-refractivity contribution in [2.24, 2.45) is 18.9 Å². The fourth-order valence-electron chi connectivity index (χ4n) is 7.59. The lowest BCUT2D eigenvalue weighted by atomic mass is 9.91. The number of imidazole rings is 1. The Balaban J connectivity index is 1.06. The first-order valence-electron chi connectivity index (χ1n) is 14.7. The number of ether oxygens (including phenoxy) is 2. The van der Waals surface area contributed by atoms with Crippen LogP contribution in [0.1, 0.15) is 42.9 Å². The Labute approximate surface area is 235 Å². The number of hydrogen-bond acceptors (Lipinski definition) is 8. The Morgan fingerprint density at radius 3 is 2.50 bits per heavy atom. The van der Waals surface area contributed by atoms with E-state index in [1.165, 1.54) is 69.4 Å². The highest BCUT2D eigenvalue weighted by atomic mass is 16.5. The molecule has 3 atom stereocenters. The van der Waals surface area contributed by atoms with E-state index < -0.39 is 0 Å². The molecule has 0 aromatic carbocycles. The zero-order chi connectivity index (χ0) is 27.4. The zero-order valence-corrected chi connectivity index (χ0v) is 24.1. The van der Waals surface area contributed by atoms with E-state index in [1.54, 1.807) is 18.7 Å². The molecule has 0 spiro atoms. The van der Waals surface area contributed by atoms with E-state index in [2.05, 4.69) is 44.5 Å². The van der Waals surface area contributed by atoms with Gasteiger partial charge in [-0.1, -0.05) is 0 Å². The number of piperidine rings is 1. The SMILES string of the molecule is COCCN1C[C@H]2C[C@H](N3CCC(c4cc(C)c5nc(-c6cc(OC)c7ncnn7c6)n(C)c5n4)CC3)C[C@H]2C1. The van der Waals surface area contributed by atoms with Gasteiger partial charge in [0, 0.05) is 63.2 Å². The minimum absolute atomic E-state index is 0.495. The molecule has 0 amide bonds. The molecule has 7 rings (SSSR count). The minimum atomic E-state index is 0.495. The Morgan fingerprint density at radius 2 is 1.77 bits per heavy atom. The maximum Gasteiger partial charge on any atom is 0.197 e. The number of likely N-dealkylation sites (tertiary alicyclic amines) is 2. The van der Waals surface area contributed by atoms with Crippen molar-refractivity contribution < 1.29 is 9.47 Å². The molecule has 3 aliphatic rings. The van der Waals surface area contributed by atoms with Gasteiger partial charge in [0.2, 0.25) is 0 Å². The summed E-state index contributed by atoms with van der Waals surface area (Å²) in [6, 6.07) is 5.01. The van der Waals surface area contributed by atoms with Gasteiger partial charge in [0.15, 0.2) is 17.0 Å². The van der Waals surface area contributed by atoms with Crippen LogP contribution in [0.5, 0.6) is 5.75 Å². The number of aromatic nitrogens is 6. The second kappa shape index (κ2) is 10.4. The fraction of sp³-hybridized carbons (Fsp3) is 0.600. The monoisotopic (exact) mass is 544 g/mol. The fourth-order valence-corrected chi connectivity index (χ4v) is 7.59. The summed E-state index contributed by atoms with van der Waals surface area (Å²) in [5.41, 5.74) is 5.89. The number of rotatable bonds is 7. The van der Waals surface area contributed by atoms with E-state index in [4.69, 9.17) is 19.4 Å². The molecule has 10 nitrogen and oxygen atoms in total. The highest BCUT2D eigenvalue weighted by Gasteiger charge is 2.43. The Kier molecular flexibility index (Phi) is 6.72. The standard InChI is InChI=1S/C30H40N8O2/c1-19-11-25(20-5-7-37(8-6-20)24-12-21-15-36(9-10-39-3)16-22(21)13-24)33-30-27(19)34-28(35(30)2)23-14-26(40-4)29-31-18-32-38(29)17-23/h11,14,17-18,20-22,24H,5-10,12-13,15-16H2,1-4H3/t21-,22+,24+. The van der Waals surface area contributed by atoms with Crippen molar-refractivity contribution in [1.29, 1.82) is 0 Å². The lowest BCUT2D eigenvalue weighted by Gasteiger charge is -2.36. The number of hydrogen-bond donors (Lipinski definition) is 0. The molecule has 0 radical (unpaired) electrons. The van der Waals surface area contributed by atoms with E-state index in [1.807, 2.05) is 12.3 Å². The van der Waals surface area contributed by atoms with Crippen LogP contribution in [0, 0.1) is 18.8 Å². The second-order valence-corrected chi connectivity index (χ2v) is 12.1. The molecular weight excluding hydrogens is 504 g/mol. The van der Waals surface area contributed by atoms with Crippen LogP contribution in [-0.4, -0.2) is 98.5 Å². The average Bonchev–Trinajstić information content (AvgIpc) is 3.74. The van der Waals surface area contributed by atoms with Crippen LogP contribution >= 0.6 is 0 Å². The van der Waals surface area contributed by atoms with Gasteiger partial charge in [-0.25, -0.2) is 19.5 Å². The summed E-state index contributed by atoms with van der Waals surface area (Å²) in [6.07, 6.45) is 8.57. The average molecular weight is 545 g/mol. The first-order valence-corrected chi connectivity index (χ1v) is 14.7. The summed E-state index contributed by atoms with van der Waals surface area (Å²) in [5.74, 6) is 3.76. The topological polar surface area (TPSA) is 85.8 Å². The zero-order valence-electron chi connectivity index (χ0n) is 24.1. The molecule has 40 heavy (non-hydrogen) atoms. The van der Waals surface area contributed by atoms with E-state index in [0.29, 0.717) is 17.3 Å². The molecule has 2 saturated heterocycles. The largest absolute Gasteiger partial charge is 0.493 e. The number of pyridine rings is 2.